The fourth-order valence-corrected chi connectivity index (χ4v) is 4.43. The van der Waals surface area contributed by atoms with Gasteiger partial charge in [-0.15, -0.1) is 0 Å². The van der Waals surface area contributed by atoms with Crippen LogP contribution in [0.5, 0.6) is 0 Å². The Bertz CT molecular complexity index is 1030. The predicted molar refractivity (Wildman–Crippen MR) is 99.3 cm³/mol. The van der Waals surface area contributed by atoms with Crippen LogP contribution in [-0.4, -0.2) is 24.6 Å². The normalized spacial score (nSPS) is 13.3. The van der Waals surface area contributed by atoms with Crippen molar-refractivity contribution in [3.05, 3.63) is 64.8 Å². The van der Waals surface area contributed by atoms with Crippen molar-refractivity contribution in [2.24, 2.45) is 7.05 Å². The highest BCUT2D eigenvalue weighted by Crippen LogP contribution is 2.26. The van der Waals surface area contributed by atoms with E-state index in [9.17, 15) is 13.5 Å². The zero-order valence-corrected chi connectivity index (χ0v) is 15.5. The van der Waals surface area contributed by atoms with Crippen molar-refractivity contribution in [2.45, 2.75) is 17.9 Å². The first kappa shape index (κ1) is 17.9. The van der Waals surface area contributed by atoms with E-state index in [4.69, 9.17) is 11.6 Å². The lowest BCUT2D eigenvalue weighted by molar-refractivity contribution is 0.183. The van der Waals surface area contributed by atoms with E-state index in [1.165, 1.54) is 6.07 Å². The van der Waals surface area contributed by atoms with Crippen LogP contribution in [0.25, 0.3) is 10.9 Å². The van der Waals surface area contributed by atoms with Gasteiger partial charge in [0.2, 0.25) is 10.0 Å². The van der Waals surface area contributed by atoms with Gasteiger partial charge in [0.1, 0.15) is 0 Å². The third kappa shape index (κ3) is 3.43. The molecule has 0 amide bonds. The van der Waals surface area contributed by atoms with Gasteiger partial charge in [0, 0.05) is 41.3 Å². The maximum Gasteiger partial charge on any atom is 0.240 e. The van der Waals surface area contributed by atoms with Crippen LogP contribution in [0.1, 0.15) is 17.2 Å². The summed E-state index contributed by atoms with van der Waals surface area (Å²) in [5.74, 6) is 0. The molecule has 2 N–H and O–H groups in total. The zero-order chi connectivity index (χ0) is 18.2. The highest BCUT2D eigenvalue weighted by Gasteiger charge is 2.21. The SMILES string of the molecule is Cc1c(Cl)cccc1S(=O)(=O)NC[C@H](O)c1cn(C)c2ccccc12. The molecule has 0 saturated carbocycles. The van der Waals surface area contributed by atoms with Crippen LogP contribution in [0.3, 0.4) is 0 Å². The lowest BCUT2D eigenvalue weighted by Crippen LogP contribution is -2.29. The van der Waals surface area contributed by atoms with Gasteiger partial charge in [-0.05, 0) is 30.7 Å². The van der Waals surface area contributed by atoms with Gasteiger partial charge >= 0.3 is 0 Å². The second kappa shape index (κ2) is 6.80. The summed E-state index contributed by atoms with van der Waals surface area (Å²) in [6.07, 6.45) is 0.856. The molecule has 0 aliphatic rings. The average molecular weight is 379 g/mol. The quantitative estimate of drug-likeness (QED) is 0.716. The molecule has 1 atom stereocenters. The summed E-state index contributed by atoms with van der Waals surface area (Å²) in [6, 6.07) is 12.4. The second-order valence-electron chi connectivity index (χ2n) is 5.94. The lowest BCUT2D eigenvalue weighted by Gasteiger charge is -2.13. The van der Waals surface area contributed by atoms with E-state index in [0.717, 1.165) is 10.9 Å². The molecular formula is C18H19ClN2O3S. The molecular weight excluding hydrogens is 360 g/mol. The molecule has 0 saturated heterocycles. The molecule has 3 rings (SSSR count). The van der Waals surface area contributed by atoms with Crippen LogP contribution in [0.4, 0.5) is 0 Å². The molecule has 0 aliphatic carbocycles. The Hall–Kier alpha value is -1.86. The van der Waals surface area contributed by atoms with Gasteiger partial charge in [0.05, 0.1) is 11.0 Å². The number of aliphatic hydroxyl groups excluding tert-OH is 1. The summed E-state index contributed by atoms with van der Waals surface area (Å²) in [6.45, 7) is 1.53. The highest BCUT2D eigenvalue weighted by atomic mass is 35.5. The van der Waals surface area contributed by atoms with Gasteiger partial charge < -0.3 is 9.67 Å². The largest absolute Gasteiger partial charge is 0.387 e. The van der Waals surface area contributed by atoms with Gasteiger partial charge in [0.15, 0.2) is 0 Å². The molecule has 0 radical (unpaired) electrons. The Kier molecular flexibility index (Phi) is 4.88. The number of sulfonamides is 1. The zero-order valence-electron chi connectivity index (χ0n) is 13.9. The monoisotopic (exact) mass is 378 g/mol. The topological polar surface area (TPSA) is 71.3 Å². The fraction of sp³-hybridized carbons (Fsp3) is 0.222. The first-order valence-electron chi connectivity index (χ1n) is 7.78. The van der Waals surface area contributed by atoms with Gasteiger partial charge in [-0.25, -0.2) is 13.1 Å². The maximum absolute atomic E-state index is 12.5. The van der Waals surface area contributed by atoms with Crippen molar-refractivity contribution >= 4 is 32.5 Å². The van der Waals surface area contributed by atoms with Crippen LogP contribution in [-0.2, 0) is 17.1 Å². The number of aromatic nitrogens is 1. The van der Waals surface area contributed by atoms with Crippen LogP contribution in [0.15, 0.2) is 53.6 Å². The highest BCUT2D eigenvalue weighted by molar-refractivity contribution is 7.89. The summed E-state index contributed by atoms with van der Waals surface area (Å²) in [4.78, 5) is 0.116. The van der Waals surface area contributed by atoms with Gasteiger partial charge in [-0.1, -0.05) is 35.9 Å². The minimum Gasteiger partial charge on any atom is -0.387 e. The number of hydrogen-bond acceptors (Lipinski definition) is 3. The molecule has 3 aromatic rings. The molecule has 0 unspecified atom stereocenters. The number of rotatable bonds is 5. The van der Waals surface area contributed by atoms with Crippen molar-refractivity contribution in [2.75, 3.05) is 6.54 Å². The van der Waals surface area contributed by atoms with Gasteiger partial charge in [-0.2, -0.15) is 0 Å². The standard InChI is InChI=1S/C18H19ClN2O3S/c1-12-15(19)7-5-9-18(12)25(23,24)20-10-17(22)14-11-21(2)16-8-4-3-6-13(14)16/h3-9,11,17,20,22H,10H2,1-2H3/t17-/m0/s1. The number of benzene rings is 2. The van der Waals surface area contributed by atoms with E-state index in [2.05, 4.69) is 4.72 Å². The molecule has 0 fully saturated rings. The van der Waals surface area contributed by atoms with Crippen LogP contribution >= 0.6 is 11.6 Å². The number of aliphatic hydroxyl groups is 1. The summed E-state index contributed by atoms with van der Waals surface area (Å²) < 4.78 is 29.4. The Labute approximate surface area is 151 Å². The maximum atomic E-state index is 12.5. The molecule has 132 valence electrons. The Morgan fingerprint density at radius 2 is 1.92 bits per heavy atom. The van der Waals surface area contributed by atoms with E-state index in [-0.39, 0.29) is 11.4 Å². The van der Waals surface area contributed by atoms with Crippen LogP contribution in [0.2, 0.25) is 5.02 Å². The minimum atomic E-state index is -3.76. The van der Waals surface area contributed by atoms with E-state index in [0.29, 0.717) is 16.1 Å². The Morgan fingerprint density at radius 3 is 2.68 bits per heavy atom. The number of nitrogens with one attached hydrogen (secondary N) is 1. The van der Waals surface area contributed by atoms with E-state index >= 15 is 0 Å². The predicted octanol–water partition coefficient (Wildman–Crippen LogP) is 3.15. The summed E-state index contributed by atoms with van der Waals surface area (Å²) in [5.41, 5.74) is 2.14. The molecule has 1 heterocycles. The summed E-state index contributed by atoms with van der Waals surface area (Å²) in [5, 5.41) is 11.8. The molecule has 25 heavy (non-hydrogen) atoms. The van der Waals surface area contributed by atoms with E-state index < -0.39 is 16.1 Å². The number of aryl methyl sites for hydroxylation is 1. The smallest absolute Gasteiger partial charge is 0.240 e. The van der Waals surface area contributed by atoms with E-state index in [1.54, 1.807) is 19.1 Å². The fourth-order valence-electron chi connectivity index (χ4n) is 2.89. The van der Waals surface area contributed by atoms with Gasteiger partial charge in [-0.3, -0.25) is 0 Å². The molecule has 5 nitrogen and oxygen atoms in total. The number of hydrogen-bond donors (Lipinski definition) is 2. The van der Waals surface area contributed by atoms with Crippen molar-refractivity contribution in [3.8, 4) is 0 Å². The average Bonchev–Trinajstić information content (AvgIpc) is 2.92. The molecule has 0 bridgehead atoms. The van der Waals surface area contributed by atoms with E-state index in [1.807, 2.05) is 42.1 Å². The molecule has 0 aliphatic heterocycles. The molecule has 2 aromatic carbocycles. The minimum absolute atomic E-state index is 0.116. The van der Waals surface area contributed by atoms with Crippen molar-refractivity contribution in [1.82, 2.24) is 9.29 Å². The summed E-state index contributed by atoms with van der Waals surface area (Å²) in [7, 11) is -1.88. The number of halogens is 1. The van der Waals surface area contributed by atoms with Crippen LogP contribution in [0, 0.1) is 6.92 Å². The third-order valence-electron chi connectivity index (χ3n) is 4.26. The van der Waals surface area contributed by atoms with Crippen molar-refractivity contribution in [1.29, 1.82) is 0 Å². The first-order valence-corrected chi connectivity index (χ1v) is 9.64. The molecule has 7 heteroatoms. The Balaban J connectivity index is 1.84. The Morgan fingerprint density at radius 1 is 1.20 bits per heavy atom. The van der Waals surface area contributed by atoms with Crippen molar-refractivity contribution in [3.63, 3.8) is 0 Å². The molecule has 1 aromatic heterocycles. The third-order valence-corrected chi connectivity index (χ3v) is 6.24. The number of nitrogens with zero attached hydrogens (tertiary/aromatic N) is 1. The lowest BCUT2D eigenvalue weighted by atomic mass is 10.1. The number of fused-ring (bicyclic) bond motifs is 1. The molecule has 0 spiro atoms. The van der Waals surface area contributed by atoms with Crippen molar-refractivity contribution < 1.29 is 13.5 Å². The van der Waals surface area contributed by atoms with Gasteiger partial charge in [0.25, 0.3) is 0 Å². The summed E-state index contributed by atoms with van der Waals surface area (Å²) >= 11 is 6.00. The van der Waals surface area contributed by atoms with Crippen LogP contribution < -0.4 is 4.72 Å². The number of para-hydroxylation sites is 1. The first-order chi connectivity index (χ1) is 11.8. The second-order valence-corrected chi connectivity index (χ2v) is 8.09.